The zero-order chi connectivity index (χ0) is 29.8. The van der Waals surface area contributed by atoms with Gasteiger partial charge in [0.25, 0.3) is 0 Å². The fraction of sp³-hybridized carbons (Fsp3) is 0.353. The Morgan fingerprint density at radius 2 is 1.37 bits per heavy atom. The van der Waals surface area contributed by atoms with Gasteiger partial charge in [-0.15, -0.1) is 0 Å². The smallest absolute Gasteiger partial charge is 0.224 e. The van der Waals surface area contributed by atoms with Crippen molar-refractivity contribution in [2.45, 2.75) is 58.9 Å². The number of pyridine rings is 1. The van der Waals surface area contributed by atoms with Crippen molar-refractivity contribution >= 4 is 29.0 Å². The van der Waals surface area contributed by atoms with Gasteiger partial charge in [-0.1, -0.05) is 74.5 Å². The van der Waals surface area contributed by atoms with Crippen LogP contribution in [0.25, 0.3) is 0 Å². The summed E-state index contributed by atoms with van der Waals surface area (Å²) in [5, 5.41) is 2.77. The van der Waals surface area contributed by atoms with Crippen LogP contribution < -0.4 is 5.32 Å². The maximum Gasteiger partial charge on any atom is 0.224 e. The van der Waals surface area contributed by atoms with Crippen LogP contribution in [0, 0.1) is 17.8 Å². The third-order valence-corrected chi connectivity index (χ3v) is 7.29. The first-order chi connectivity index (χ1) is 19.7. The Kier molecular flexibility index (Phi) is 11.8. The van der Waals surface area contributed by atoms with Crippen molar-refractivity contribution < 1.29 is 24.0 Å². The van der Waals surface area contributed by atoms with Crippen LogP contribution in [0.4, 0.5) is 0 Å². The van der Waals surface area contributed by atoms with Crippen LogP contribution in [0.5, 0.6) is 0 Å². The summed E-state index contributed by atoms with van der Waals surface area (Å²) < 4.78 is 0. The maximum atomic E-state index is 13.4. The number of carbonyl (C=O) groups excluding carboxylic acids is 5. The number of aryl methyl sites for hydroxylation is 1. The van der Waals surface area contributed by atoms with Crippen LogP contribution >= 0.6 is 0 Å². The fourth-order valence-corrected chi connectivity index (χ4v) is 4.70. The van der Waals surface area contributed by atoms with Gasteiger partial charge in [0.1, 0.15) is 0 Å². The van der Waals surface area contributed by atoms with E-state index >= 15 is 0 Å². The summed E-state index contributed by atoms with van der Waals surface area (Å²) in [5.41, 5.74) is 2.34. The van der Waals surface area contributed by atoms with E-state index in [4.69, 9.17) is 0 Å². The molecule has 41 heavy (non-hydrogen) atoms. The van der Waals surface area contributed by atoms with Gasteiger partial charge in [-0.25, -0.2) is 0 Å². The lowest BCUT2D eigenvalue weighted by Gasteiger charge is -2.23. The number of hydrogen-bond acceptors (Lipinski definition) is 6. The average molecular weight is 555 g/mol. The van der Waals surface area contributed by atoms with Gasteiger partial charge in [-0.05, 0) is 48.9 Å². The van der Waals surface area contributed by atoms with Gasteiger partial charge in [0, 0.05) is 49.1 Å². The maximum absolute atomic E-state index is 13.4. The molecular formula is C34H38N2O5. The van der Waals surface area contributed by atoms with Gasteiger partial charge >= 0.3 is 0 Å². The van der Waals surface area contributed by atoms with Crippen LogP contribution in [0.3, 0.4) is 0 Å². The van der Waals surface area contributed by atoms with Gasteiger partial charge in [0.2, 0.25) is 11.7 Å². The highest BCUT2D eigenvalue weighted by Gasteiger charge is 2.32. The first kappa shape index (κ1) is 31.3. The minimum absolute atomic E-state index is 0.00919. The molecule has 0 saturated carbocycles. The Morgan fingerprint density at radius 1 is 0.756 bits per heavy atom. The van der Waals surface area contributed by atoms with E-state index in [2.05, 4.69) is 10.3 Å². The number of nitrogens with zero attached hydrogens (tertiary/aromatic N) is 1. The van der Waals surface area contributed by atoms with E-state index in [1.165, 1.54) is 0 Å². The second-order valence-electron chi connectivity index (χ2n) is 10.8. The average Bonchev–Trinajstić information content (AvgIpc) is 2.99. The number of benzene rings is 2. The molecule has 0 aliphatic heterocycles. The van der Waals surface area contributed by atoms with E-state index < -0.39 is 35.4 Å². The van der Waals surface area contributed by atoms with E-state index in [9.17, 15) is 24.0 Å². The van der Waals surface area contributed by atoms with Crippen molar-refractivity contribution in [2.24, 2.45) is 17.8 Å². The molecule has 1 unspecified atom stereocenters. The summed E-state index contributed by atoms with van der Waals surface area (Å²) in [4.78, 5) is 69.2. The van der Waals surface area contributed by atoms with Crippen molar-refractivity contribution in [2.75, 3.05) is 0 Å². The summed E-state index contributed by atoms with van der Waals surface area (Å²) >= 11 is 0. The number of hydrogen-bond donors (Lipinski definition) is 1. The Morgan fingerprint density at radius 3 is 1.98 bits per heavy atom. The first-order valence-electron chi connectivity index (χ1n) is 14.1. The summed E-state index contributed by atoms with van der Waals surface area (Å²) in [6.45, 7) is 5.19. The molecule has 2 aromatic carbocycles. The van der Waals surface area contributed by atoms with Gasteiger partial charge < -0.3 is 5.32 Å². The Bertz CT molecular complexity index is 1320. The van der Waals surface area contributed by atoms with Gasteiger partial charge in [-0.2, -0.15) is 0 Å². The lowest BCUT2D eigenvalue weighted by molar-refractivity contribution is -0.141. The van der Waals surface area contributed by atoms with Crippen molar-refractivity contribution in [3.63, 3.8) is 0 Å². The zero-order valence-corrected chi connectivity index (χ0v) is 23.9. The molecule has 214 valence electrons. The van der Waals surface area contributed by atoms with E-state index in [1.54, 1.807) is 69.6 Å². The summed E-state index contributed by atoms with van der Waals surface area (Å²) in [7, 11) is 0. The Hall–Kier alpha value is -4.26. The molecule has 0 aliphatic rings. The minimum Gasteiger partial charge on any atom is -0.346 e. The standard InChI is InChI=1S/C34H38N2O5/c1-23(2)29(33(40)30(37)15-14-25-16-18-35-19-17-25)22-31(38)24(3)36-34(41)28(20-26-10-6-4-7-11-26)21-32(39)27-12-8-5-9-13-27/h4-13,16-19,23-24,28-29H,14-15,20-22H2,1-3H3,(H,36,41)/t24-,28+,29?/m0/s1. The zero-order valence-electron chi connectivity index (χ0n) is 23.9. The topological polar surface area (TPSA) is 110 Å². The van der Waals surface area contributed by atoms with E-state index in [-0.39, 0.29) is 36.7 Å². The van der Waals surface area contributed by atoms with Gasteiger partial charge in [-0.3, -0.25) is 29.0 Å². The SMILES string of the molecule is CC(C)C(CC(=O)[C@H](C)NC(=O)[C@@H](CC(=O)c1ccccc1)Cc1ccccc1)C(=O)C(=O)CCc1ccncc1. The van der Waals surface area contributed by atoms with E-state index in [0.29, 0.717) is 18.4 Å². The summed E-state index contributed by atoms with van der Waals surface area (Å²) in [6, 6.07) is 20.9. The Balaban J connectivity index is 1.64. The highest BCUT2D eigenvalue weighted by Crippen LogP contribution is 2.21. The van der Waals surface area contributed by atoms with E-state index in [1.807, 2.05) is 36.4 Å². The van der Waals surface area contributed by atoms with Crippen LogP contribution in [-0.4, -0.2) is 40.1 Å². The second-order valence-corrected chi connectivity index (χ2v) is 10.8. The van der Waals surface area contributed by atoms with Crippen molar-refractivity contribution in [1.82, 2.24) is 10.3 Å². The molecular weight excluding hydrogens is 516 g/mol. The number of aromatic nitrogens is 1. The Labute approximate surface area is 241 Å². The molecule has 7 heteroatoms. The number of amides is 1. The number of nitrogens with one attached hydrogen (secondary N) is 1. The molecule has 1 N–H and O–H groups in total. The molecule has 1 amide bonds. The molecule has 0 bridgehead atoms. The highest BCUT2D eigenvalue weighted by atomic mass is 16.2. The van der Waals surface area contributed by atoms with Crippen molar-refractivity contribution in [3.8, 4) is 0 Å². The van der Waals surface area contributed by atoms with Crippen LogP contribution in [-0.2, 0) is 32.0 Å². The fourth-order valence-electron chi connectivity index (χ4n) is 4.70. The third kappa shape index (κ3) is 9.71. The lowest BCUT2D eigenvalue weighted by atomic mass is 9.83. The molecule has 1 aromatic heterocycles. The molecule has 3 atom stereocenters. The van der Waals surface area contributed by atoms with Gasteiger partial charge in [0.05, 0.1) is 6.04 Å². The van der Waals surface area contributed by atoms with E-state index in [0.717, 1.165) is 11.1 Å². The van der Waals surface area contributed by atoms with Gasteiger partial charge in [0.15, 0.2) is 17.3 Å². The molecule has 0 spiro atoms. The largest absolute Gasteiger partial charge is 0.346 e. The minimum atomic E-state index is -0.881. The van der Waals surface area contributed by atoms with Crippen LogP contribution in [0.15, 0.2) is 85.2 Å². The molecule has 0 fully saturated rings. The van der Waals surface area contributed by atoms with Crippen molar-refractivity contribution in [1.29, 1.82) is 0 Å². The molecule has 3 aromatic rings. The number of rotatable bonds is 16. The molecule has 3 rings (SSSR count). The molecule has 0 aliphatic carbocycles. The molecule has 1 heterocycles. The predicted molar refractivity (Wildman–Crippen MR) is 157 cm³/mol. The third-order valence-electron chi connectivity index (χ3n) is 7.29. The van der Waals surface area contributed by atoms with Crippen LogP contribution in [0.2, 0.25) is 0 Å². The number of Topliss-reactive ketones (excluding diaryl/α,β-unsaturated/α-hetero) is 4. The predicted octanol–water partition coefficient (Wildman–Crippen LogP) is 5.02. The lowest BCUT2D eigenvalue weighted by Crippen LogP contribution is -2.44. The van der Waals surface area contributed by atoms with Crippen LogP contribution in [0.1, 0.15) is 61.5 Å². The summed E-state index contributed by atoms with van der Waals surface area (Å²) in [6.07, 6.45) is 3.93. The monoisotopic (exact) mass is 554 g/mol. The second kappa shape index (κ2) is 15.5. The molecule has 7 nitrogen and oxygen atoms in total. The number of carbonyl (C=O) groups is 5. The molecule has 0 radical (unpaired) electrons. The first-order valence-corrected chi connectivity index (χ1v) is 14.1. The highest BCUT2D eigenvalue weighted by molar-refractivity contribution is 6.38. The summed E-state index contributed by atoms with van der Waals surface area (Å²) in [5.74, 6) is -3.64. The van der Waals surface area contributed by atoms with Crippen molar-refractivity contribution in [3.05, 3.63) is 102 Å². The molecule has 0 saturated heterocycles. The number of ketones is 4. The quantitative estimate of drug-likeness (QED) is 0.197. The normalized spacial score (nSPS) is 13.2.